The minimum Gasteiger partial charge on any atom is -0.391 e. The second-order valence-corrected chi connectivity index (χ2v) is 18.7. The molecule has 8 amide bonds. The van der Waals surface area contributed by atoms with Gasteiger partial charge in [0.2, 0.25) is 47.3 Å². The summed E-state index contributed by atoms with van der Waals surface area (Å²) in [5.41, 5.74) is 10.7. The molecule has 0 bridgehead atoms. The number of phosphoric acid groups is 1. The Kier molecular flexibility index (Phi) is 21.7. The van der Waals surface area contributed by atoms with Crippen molar-refractivity contribution >= 4 is 61.0 Å². The van der Waals surface area contributed by atoms with Crippen LogP contribution in [0.4, 0.5) is 0 Å². The number of hydrogen-bond acceptors (Lipinski definition) is 13. The number of carbonyl (C=O) groups excluding carboxylic acids is 8. The summed E-state index contributed by atoms with van der Waals surface area (Å²) >= 11 is 0. The van der Waals surface area contributed by atoms with E-state index in [1.54, 1.807) is 18.7 Å². The van der Waals surface area contributed by atoms with Crippen molar-refractivity contribution in [2.75, 3.05) is 39.3 Å². The largest absolute Gasteiger partial charge is 0.469 e. The van der Waals surface area contributed by atoms with E-state index in [2.05, 4.69) is 36.1 Å². The number of amides is 8. The number of rotatable bonds is 23. The van der Waals surface area contributed by atoms with E-state index >= 15 is 0 Å². The fourth-order valence-electron chi connectivity index (χ4n) is 8.18. The Labute approximate surface area is 384 Å². The molecule has 25 nitrogen and oxygen atoms in total. The number of aliphatic hydroxyl groups is 2. The van der Waals surface area contributed by atoms with E-state index in [1.165, 1.54) is 25.7 Å². The first-order valence-corrected chi connectivity index (χ1v) is 23.9. The Morgan fingerprint density at radius 1 is 0.682 bits per heavy atom. The molecule has 13 N–H and O–H groups in total. The number of phosphoric ester groups is 1. The molecule has 0 spiro atoms. The number of nitrogens with one attached hydrogen (secondary N) is 5. The second kappa shape index (κ2) is 25.8. The minimum atomic E-state index is -5.24. The molecule has 3 heterocycles. The molecule has 0 aromatic rings. The van der Waals surface area contributed by atoms with E-state index < -0.39 is 116 Å². The SMILES string of the molecule is CC(=O)N[C@@H](CCCN=C(N)N)C(=O)N[C@H](C(=O)N1CCC[C@H]1C(=O)N[C@@H](COP(=O)(O)O)C(=O)N[C@@H](CC(C)C)C(=O)N1CCC[C@H]1C(=O)N[C@H](C(=O)N1CCCCC1)[C@@H](C)O)[C@@H](C)O. The molecule has 3 aliphatic heterocycles. The molecule has 0 unspecified atom stereocenters. The number of nitrogens with two attached hydrogens (primary N) is 2. The van der Waals surface area contributed by atoms with Crippen LogP contribution in [-0.4, -0.2) is 182 Å². The van der Waals surface area contributed by atoms with Gasteiger partial charge in [-0.1, -0.05) is 13.8 Å². The van der Waals surface area contributed by atoms with Gasteiger partial charge in [-0.25, -0.2) is 4.57 Å². The highest BCUT2D eigenvalue weighted by molar-refractivity contribution is 7.46. The molecule has 0 aromatic heterocycles. The van der Waals surface area contributed by atoms with Crippen molar-refractivity contribution in [1.29, 1.82) is 0 Å². The monoisotopic (exact) mass is 959 g/mol. The number of hydrogen-bond donors (Lipinski definition) is 11. The zero-order valence-corrected chi connectivity index (χ0v) is 39.2. The summed E-state index contributed by atoms with van der Waals surface area (Å²) in [5.74, 6) is -6.51. The first kappa shape index (κ1) is 55.4. The number of aliphatic hydroxyl groups excluding tert-OH is 2. The van der Waals surface area contributed by atoms with Crippen LogP contribution >= 0.6 is 7.82 Å². The van der Waals surface area contributed by atoms with Gasteiger partial charge in [-0.2, -0.15) is 0 Å². The molecule has 9 atom stereocenters. The summed E-state index contributed by atoms with van der Waals surface area (Å²) in [7, 11) is -5.24. The average molecular weight is 960 g/mol. The maximum atomic E-state index is 14.2. The minimum absolute atomic E-state index is 0.0234. The third kappa shape index (κ3) is 17.0. The van der Waals surface area contributed by atoms with Gasteiger partial charge in [0.25, 0.3) is 0 Å². The zero-order chi connectivity index (χ0) is 49.5. The third-order valence-electron chi connectivity index (χ3n) is 11.4. The highest BCUT2D eigenvalue weighted by atomic mass is 31.2. The van der Waals surface area contributed by atoms with E-state index in [0.717, 1.165) is 24.2 Å². The predicted molar refractivity (Wildman–Crippen MR) is 236 cm³/mol. The van der Waals surface area contributed by atoms with Crippen molar-refractivity contribution in [3.8, 4) is 0 Å². The van der Waals surface area contributed by atoms with E-state index in [9.17, 15) is 62.9 Å². The maximum Gasteiger partial charge on any atom is 0.469 e. The van der Waals surface area contributed by atoms with Gasteiger partial charge in [-0.3, -0.25) is 47.9 Å². The molecule has 3 aliphatic rings. The van der Waals surface area contributed by atoms with Gasteiger partial charge in [0.1, 0.15) is 42.3 Å². The summed E-state index contributed by atoms with van der Waals surface area (Å²) in [6.07, 6.45) is 1.03. The van der Waals surface area contributed by atoms with Gasteiger partial charge < -0.3 is 72.8 Å². The standard InChI is InChI=1S/C40H70N11O14P/c1-22(2)20-27(37(59)50-18-10-14-30(50)36(58)48-31(23(3)52)38(60)49-16-7-6-8-17-49)45-34(56)28(21-65-66(62,63)64)46-35(57)29-13-11-19-51(29)39(61)32(24(4)53)47-33(55)26(44-25(5)54)12-9-15-43-40(41)42/h22-24,26-32,52-53H,6-21H2,1-5H3,(H,44,54)(H,45,56)(H,46,57)(H,47,55)(H,48,58)(H4,41,42,43)(H2,62,63,64)/t23-,24-,26+,27+,28+,29+,30+,31+,32+/m1/s1. The van der Waals surface area contributed by atoms with Gasteiger partial charge in [-0.05, 0) is 84.0 Å². The third-order valence-corrected chi connectivity index (χ3v) is 11.9. The normalized spacial score (nSPS) is 20.8. The fraction of sp³-hybridized carbons (Fsp3) is 0.775. The van der Waals surface area contributed by atoms with Crippen LogP contribution in [0.1, 0.15) is 98.8 Å². The van der Waals surface area contributed by atoms with E-state index in [1.807, 2.05) is 0 Å². The lowest BCUT2D eigenvalue weighted by molar-refractivity contribution is -0.145. The van der Waals surface area contributed by atoms with Gasteiger partial charge in [0, 0.05) is 39.6 Å². The Hall–Kier alpha value is -4.94. The van der Waals surface area contributed by atoms with Crippen molar-refractivity contribution in [1.82, 2.24) is 41.3 Å². The Morgan fingerprint density at radius 3 is 1.73 bits per heavy atom. The number of piperidine rings is 1. The molecule has 0 aliphatic carbocycles. The molecule has 3 fully saturated rings. The van der Waals surface area contributed by atoms with Gasteiger partial charge in [-0.15, -0.1) is 0 Å². The summed E-state index contributed by atoms with van der Waals surface area (Å²) in [5, 5.41) is 33.6. The number of likely N-dealkylation sites (tertiary alicyclic amines) is 3. The number of carbonyl (C=O) groups is 8. The molecule has 374 valence electrons. The van der Waals surface area contributed by atoms with Gasteiger partial charge in [0.05, 0.1) is 18.8 Å². The highest BCUT2D eigenvalue weighted by Gasteiger charge is 2.43. The summed E-state index contributed by atoms with van der Waals surface area (Å²) < 4.78 is 16.4. The van der Waals surface area contributed by atoms with Crippen LogP contribution in [0.25, 0.3) is 0 Å². The lowest BCUT2D eigenvalue weighted by Gasteiger charge is -2.34. The summed E-state index contributed by atoms with van der Waals surface area (Å²) in [6.45, 7) is 7.42. The molecule has 3 rings (SSSR count). The lowest BCUT2D eigenvalue weighted by atomic mass is 10.0. The Balaban J connectivity index is 1.80. The highest BCUT2D eigenvalue weighted by Crippen LogP contribution is 2.35. The van der Waals surface area contributed by atoms with Crippen molar-refractivity contribution < 1.29 is 67.4 Å². The van der Waals surface area contributed by atoms with Crippen LogP contribution in [-0.2, 0) is 47.4 Å². The van der Waals surface area contributed by atoms with Crippen LogP contribution in [0.5, 0.6) is 0 Å². The van der Waals surface area contributed by atoms with E-state index in [4.69, 9.17) is 11.5 Å². The zero-order valence-electron chi connectivity index (χ0n) is 38.3. The van der Waals surface area contributed by atoms with Crippen LogP contribution in [0.3, 0.4) is 0 Å². The molecule has 0 saturated carbocycles. The second-order valence-electron chi connectivity index (χ2n) is 17.5. The molecule has 66 heavy (non-hydrogen) atoms. The lowest BCUT2D eigenvalue weighted by Crippen LogP contribution is -2.61. The topological polar surface area (TPSA) is 378 Å². The van der Waals surface area contributed by atoms with Crippen molar-refractivity contribution in [3.05, 3.63) is 0 Å². The maximum absolute atomic E-state index is 14.2. The van der Waals surface area contributed by atoms with Gasteiger partial charge in [0.15, 0.2) is 5.96 Å². The molecule has 3 saturated heterocycles. The predicted octanol–water partition coefficient (Wildman–Crippen LogP) is -3.60. The summed E-state index contributed by atoms with van der Waals surface area (Å²) in [4.78, 5) is 135. The van der Waals surface area contributed by atoms with Crippen LogP contribution in [0.15, 0.2) is 4.99 Å². The van der Waals surface area contributed by atoms with E-state index in [0.29, 0.717) is 19.5 Å². The first-order chi connectivity index (χ1) is 30.9. The average Bonchev–Trinajstić information content (AvgIpc) is 3.94. The molecular weight excluding hydrogens is 889 g/mol. The first-order valence-electron chi connectivity index (χ1n) is 22.4. The Morgan fingerprint density at radius 2 is 1.21 bits per heavy atom. The molecule has 26 heteroatoms. The number of aliphatic imine (C=N–C) groups is 1. The Bertz CT molecular complexity index is 1800. The van der Waals surface area contributed by atoms with E-state index in [-0.39, 0.29) is 70.0 Å². The van der Waals surface area contributed by atoms with Crippen molar-refractivity contribution in [2.45, 2.75) is 153 Å². The number of nitrogens with zero attached hydrogens (tertiary/aromatic N) is 4. The summed E-state index contributed by atoms with van der Waals surface area (Å²) in [6, 6.07) is -9.57. The van der Waals surface area contributed by atoms with Gasteiger partial charge >= 0.3 is 7.82 Å². The van der Waals surface area contributed by atoms with Crippen LogP contribution in [0, 0.1) is 5.92 Å². The van der Waals surface area contributed by atoms with Crippen LogP contribution in [0.2, 0.25) is 0 Å². The van der Waals surface area contributed by atoms with Crippen molar-refractivity contribution in [2.24, 2.45) is 22.4 Å². The quantitative estimate of drug-likeness (QED) is 0.0204. The molecule has 0 radical (unpaired) electrons. The smallest absolute Gasteiger partial charge is 0.391 e. The fourth-order valence-corrected chi connectivity index (χ4v) is 8.53. The number of guanidine groups is 1. The molecular formula is C40H70N11O14P. The molecule has 0 aromatic carbocycles. The van der Waals surface area contributed by atoms with Crippen LogP contribution < -0.4 is 38.1 Å². The van der Waals surface area contributed by atoms with Crippen molar-refractivity contribution in [3.63, 3.8) is 0 Å².